The predicted molar refractivity (Wildman–Crippen MR) is 130 cm³/mol. The van der Waals surface area contributed by atoms with E-state index in [1.165, 1.54) is 12.8 Å². The molecule has 2 saturated heterocycles. The number of pyridine rings is 1. The molecule has 7 nitrogen and oxygen atoms in total. The van der Waals surface area contributed by atoms with Crippen molar-refractivity contribution in [2.75, 3.05) is 19.8 Å². The van der Waals surface area contributed by atoms with E-state index in [9.17, 15) is 4.79 Å². The molecule has 0 spiro atoms. The second kappa shape index (κ2) is 11.3. The van der Waals surface area contributed by atoms with Crippen molar-refractivity contribution in [2.24, 2.45) is 5.92 Å². The normalized spacial score (nSPS) is 26.2. The lowest BCUT2D eigenvalue weighted by molar-refractivity contribution is -0.136. The Morgan fingerprint density at radius 3 is 2.74 bits per heavy atom. The third-order valence-electron chi connectivity index (χ3n) is 7.35. The Morgan fingerprint density at radius 1 is 1.06 bits per heavy atom. The molecule has 3 fully saturated rings. The zero-order valence-corrected chi connectivity index (χ0v) is 19.8. The lowest BCUT2D eigenvalue weighted by Gasteiger charge is -2.32. The number of hydrogen-bond acceptors (Lipinski definition) is 6. The van der Waals surface area contributed by atoms with Gasteiger partial charge in [-0.05, 0) is 55.5 Å². The summed E-state index contributed by atoms with van der Waals surface area (Å²) in [6.45, 7) is 2.62. The highest BCUT2D eigenvalue weighted by Gasteiger charge is 2.42. The summed E-state index contributed by atoms with van der Waals surface area (Å²) >= 11 is 0. The van der Waals surface area contributed by atoms with Crippen molar-refractivity contribution in [3.05, 3.63) is 59.9 Å². The van der Waals surface area contributed by atoms with Crippen LogP contribution in [0.4, 0.5) is 0 Å². The van der Waals surface area contributed by atoms with E-state index in [-0.39, 0.29) is 18.1 Å². The third-order valence-corrected chi connectivity index (χ3v) is 7.35. The van der Waals surface area contributed by atoms with Crippen molar-refractivity contribution < 1.29 is 14.3 Å². The van der Waals surface area contributed by atoms with Crippen molar-refractivity contribution in [1.82, 2.24) is 20.7 Å². The highest BCUT2D eigenvalue weighted by Crippen LogP contribution is 2.31. The van der Waals surface area contributed by atoms with Crippen LogP contribution in [0.1, 0.15) is 49.8 Å². The molecule has 1 aliphatic carbocycles. The van der Waals surface area contributed by atoms with Gasteiger partial charge in [0, 0.05) is 50.0 Å². The lowest BCUT2D eigenvalue weighted by atomic mass is 9.81. The molecule has 4 unspecified atom stereocenters. The zero-order valence-electron chi connectivity index (χ0n) is 19.8. The van der Waals surface area contributed by atoms with Gasteiger partial charge in [0.05, 0.1) is 12.7 Å². The number of hydrogen-bond donors (Lipinski definition) is 2. The molecule has 1 amide bonds. The fraction of sp³-hybridized carbons (Fsp3) is 0.556. The summed E-state index contributed by atoms with van der Waals surface area (Å²) in [6.07, 6.45) is 9.52. The Labute approximate surface area is 202 Å². The molecule has 3 heterocycles. The van der Waals surface area contributed by atoms with Crippen LogP contribution in [0.25, 0.3) is 0 Å². The van der Waals surface area contributed by atoms with Gasteiger partial charge in [-0.3, -0.25) is 15.2 Å². The number of ether oxygens (including phenoxy) is 2. The molecule has 0 radical (unpaired) electrons. The van der Waals surface area contributed by atoms with Crippen molar-refractivity contribution in [1.29, 1.82) is 0 Å². The number of carbonyl (C=O) groups excluding carboxylic acids is 1. The van der Waals surface area contributed by atoms with Gasteiger partial charge in [-0.2, -0.15) is 0 Å². The minimum Gasteiger partial charge on any atom is -0.493 e. The first-order chi connectivity index (χ1) is 16.8. The molecule has 1 aromatic carbocycles. The summed E-state index contributed by atoms with van der Waals surface area (Å²) in [5.41, 5.74) is 8.85. The second-order valence-corrected chi connectivity index (χ2v) is 9.74. The summed E-state index contributed by atoms with van der Waals surface area (Å²) < 4.78 is 11.8. The summed E-state index contributed by atoms with van der Waals surface area (Å²) in [6, 6.07) is 14.3. The van der Waals surface area contributed by atoms with Crippen LogP contribution in [0.5, 0.6) is 5.75 Å². The Kier molecular flexibility index (Phi) is 7.73. The number of hydrazine groups is 1. The van der Waals surface area contributed by atoms with Crippen molar-refractivity contribution in [3.63, 3.8) is 0 Å². The lowest BCUT2D eigenvalue weighted by Crippen LogP contribution is -2.49. The van der Waals surface area contributed by atoms with Gasteiger partial charge < -0.3 is 14.4 Å². The first-order valence-corrected chi connectivity index (χ1v) is 12.8. The van der Waals surface area contributed by atoms with Gasteiger partial charge in [-0.25, -0.2) is 5.43 Å². The van der Waals surface area contributed by atoms with Gasteiger partial charge in [-0.15, -0.1) is 0 Å². The van der Waals surface area contributed by atoms with Crippen molar-refractivity contribution in [3.8, 4) is 5.75 Å². The minimum atomic E-state index is -0.152. The molecular formula is C27H36N4O3. The van der Waals surface area contributed by atoms with E-state index in [2.05, 4.69) is 28.0 Å². The maximum Gasteiger partial charge on any atom is 0.241 e. The molecule has 4 atom stereocenters. The van der Waals surface area contributed by atoms with Gasteiger partial charge in [0.25, 0.3) is 0 Å². The van der Waals surface area contributed by atoms with E-state index in [0.717, 1.165) is 55.7 Å². The molecule has 34 heavy (non-hydrogen) atoms. The molecule has 0 bridgehead atoms. The summed E-state index contributed by atoms with van der Waals surface area (Å²) in [5.74, 6) is 1.40. The van der Waals surface area contributed by atoms with E-state index < -0.39 is 0 Å². The van der Waals surface area contributed by atoms with E-state index in [1.807, 2.05) is 35.2 Å². The SMILES string of the molecule is O=C(C1NNC2CCCCC21)N(Cc1ccc(OCCc2ccccn2)cc1)CC1CCCO1. The molecule has 2 N–H and O–H groups in total. The molecule has 3 aliphatic rings. The van der Waals surface area contributed by atoms with Crippen molar-refractivity contribution in [2.45, 2.75) is 69.7 Å². The standard InChI is InChI=1S/C27H36N4O3/c32-27(26-24-8-1-2-9-25(24)29-30-26)31(19-23-7-5-16-33-23)18-20-10-12-22(13-11-20)34-17-14-21-6-3-4-15-28-21/h3-4,6,10-13,15,23-26,29-30H,1-2,5,7-9,14,16-19H2. The van der Waals surface area contributed by atoms with Gasteiger partial charge in [0.15, 0.2) is 0 Å². The maximum atomic E-state index is 13.7. The van der Waals surface area contributed by atoms with Crippen LogP contribution in [0.2, 0.25) is 0 Å². The van der Waals surface area contributed by atoms with E-state index in [0.29, 0.717) is 31.7 Å². The van der Waals surface area contributed by atoms with Crippen LogP contribution in [-0.4, -0.2) is 53.7 Å². The molecule has 182 valence electrons. The van der Waals surface area contributed by atoms with Crippen LogP contribution in [0, 0.1) is 5.92 Å². The number of aromatic nitrogens is 1. The fourth-order valence-corrected chi connectivity index (χ4v) is 5.48. The number of benzene rings is 1. The molecule has 1 saturated carbocycles. The number of nitrogens with one attached hydrogen (secondary N) is 2. The third kappa shape index (κ3) is 5.77. The first-order valence-electron chi connectivity index (χ1n) is 12.8. The monoisotopic (exact) mass is 464 g/mol. The second-order valence-electron chi connectivity index (χ2n) is 9.74. The van der Waals surface area contributed by atoms with Crippen molar-refractivity contribution >= 4 is 5.91 Å². The van der Waals surface area contributed by atoms with Gasteiger partial charge in [-0.1, -0.05) is 31.0 Å². The topological polar surface area (TPSA) is 75.7 Å². The molecular weight excluding hydrogens is 428 g/mol. The van der Waals surface area contributed by atoms with E-state index in [1.54, 1.807) is 6.20 Å². The average Bonchev–Trinajstić information content (AvgIpc) is 3.55. The molecule has 1 aromatic heterocycles. The van der Waals surface area contributed by atoms with Crippen LogP contribution in [0.3, 0.4) is 0 Å². The summed E-state index contributed by atoms with van der Waals surface area (Å²) in [4.78, 5) is 20.0. The molecule has 2 aliphatic heterocycles. The number of fused-ring (bicyclic) bond motifs is 1. The number of carbonyl (C=O) groups is 1. The highest BCUT2D eigenvalue weighted by atomic mass is 16.5. The number of nitrogens with zero attached hydrogens (tertiary/aromatic N) is 2. The average molecular weight is 465 g/mol. The van der Waals surface area contributed by atoms with Gasteiger partial charge >= 0.3 is 0 Å². The molecule has 5 rings (SSSR count). The number of amides is 1. The Hall–Kier alpha value is -2.48. The smallest absolute Gasteiger partial charge is 0.241 e. The summed E-state index contributed by atoms with van der Waals surface area (Å²) in [7, 11) is 0. The van der Waals surface area contributed by atoms with Crippen LogP contribution < -0.4 is 15.6 Å². The van der Waals surface area contributed by atoms with Crippen LogP contribution >= 0.6 is 0 Å². The van der Waals surface area contributed by atoms with E-state index >= 15 is 0 Å². The Balaban J connectivity index is 1.20. The summed E-state index contributed by atoms with van der Waals surface area (Å²) in [5, 5.41) is 0. The quantitative estimate of drug-likeness (QED) is 0.593. The van der Waals surface area contributed by atoms with Gasteiger partial charge in [0.2, 0.25) is 5.91 Å². The largest absolute Gasteiger partial charge is 0.493 e. The van der Waals surface area contributed by atoms with E-state index in [4.69, 9.17) is 9.47 Å². The van der Waals surface area contributed by atoms with Crippen LogP contribution in [-0.2, 0) is 22.5 Å². The maximum absolute atomic E-state index is 13.7. The molecule has 7 heteroatoms. The fourth-order valence-electron chi connectivity index (χ4n) is 5.48. The highest BCUT2D eigenvalue weighted by molar-refractivity contribution is 5.82. The van der Waals surface area contributed by atoms with Gasteiger partial charge in [0.1, 0.15) is 11.8 Å². The predicted octanol–water partition coefficient (Wildman–Crippen LogP) is 3.25. The Bertz CT molecular complexity index is 917. The minimum absolute atomic E-state index is 0.134. The first kappa shape index (κ1) is 23.3. The number of rotatable bonds is 9. The van der Waals surface area contributed by atoms with Crippen LogP contribution in [0.15, 0.2) is 48.7 Å². The zero-order chi connectivity index (χ0) is 23.2. The Morgan fingerprint density at radius 2 is 1.94 bits per heavy atom. The molecule has 2 aromatic rings.